The van der Waals surface area contributed by atoms with Gasteiger partial charge in [-0.05, 0) is 11.8 Å². The van der Waals surface area contributed by atoms with Gasteiger partial charge in [0.2, 0.25) is 11.8 Å². The maximum absolute atomic E-state index is 12.1. The van der Waals surface area contributed by atoms with Crippen molar-refractivity contribution in [3.63, 3.8) is 0 Å². The minimum Gasteiger partial charge on any atom is -0.339 e. The lowest BCUT2D eigenvalue weighted by Crippen LogP contribution is -2.49. The van der Waals surface area contributed by atoms with E-state index in [2.05, 4.69) is 19.2 Å². The highest BCUT2D eigenvalue weighted by atomic mass is 16.2. The zero-order valence-corrected chi connectivity index (χ0v) is 11.3. The largest absolute Gasteiger partial charge is 0.339 e. The lowest BCUT2D eigenvalue weighted by molar-refractivity contribution is -0.138. The molecule has 0 radical (unpaired) electrons. The first-order valence-corrected chi connectivity index (χ1v) is 6.84. The molecule has 0 aromatic rings. The van der Waals surface area contributed by atoms with Gasteiger partial charge in [-0.3, -0.25) is 9.59 Å². The quantitative estimate of drug-likeness (QED) is 0.765. The van der Waals surface area contributed by atoms with Gasteiger partial charge in [0, 0.05) is 39.1 Å². The Morgan fingerprint density at radius 1 is 1.39 bits per heavy atom. The van der Waals surface area contributed by atoms with Gasteiger partial charge >= 0.3 is 0 Å². The SMILES string of the molecule is CC(C)C1CC(=O)N(CC(=O)N2CCNCC2)C1. The molecule has 1 unspecified atom stereocenters. The molecular weight excluding hydrogens is 230 g/mol. The molecule has 0 saturated carbocycles. The number of hydrogen-bond donors (Lipinski definition) is 1. The van der Waals surface area contributed by atoms with E-state index in [0.29, 0.717) is 18.3 Å². The number of likely N-dealkylation sites (tertiary alicyclic amines) is 1. The van der Waals surface area contributed by atoms with Gasteiger partial charge < -0.3 is 15.1 Å². The van der Waals surface area contributed by atoms with Crippen LogP contribution in [0, 0.1) is 11.8 Å². The fraction of sp³-hybridized carbons (Fsp3) is 0.846. The van der Waals surface area contributed by atoms with Crippen molar-refractivity contribution in [1.82, 2.24) is 15.1 Å². The van der Waals surface area contributed by atoms with Crippen LogP contribution < -0.4 is 5.32 Å². The maximum atomic E-state index is 12.1. The number of piperazine rings is 1. The van der Waals surface area contributed by atoms with E-state index in [-0.39, 0.29) is 18.4 Å². The predicted octanol–water partition coefficient (Wildman–Crippen LogP) is -0.0773. The van der Waals surface area contributed by atoms with Crippen molar-refractivity contribution < 1.29 is 9.59 Å². The molecule has 18 heavy (non-hydrogen) atoms. The first kappa shape index (κ1) is 13.3. The van der Waals surface area contributed by atoms with Crippen molar-refractivity contribution in [2.75, 3.05) is 39.3 Å². The fourth-order valence-corrected chi connectivity index (χ4v) is 2.58. The number of carbonyl (C=O) groups excluding carboxylic acids is 2. The third kappa shape index (κ3) is 3.02. The van der Waals surface area contributed by atoms with Gasteiger partial charge in [0.1, 0.15) is 0 Å². The molecule has 0 aliphatic carbocycles. The topological polar surface area (TPSA) is 52.7 Å². The average molecular weight is 253 g/mol. The first-order chi connectivity index (χ1) is 8.58. The van der Waals surface area contributed by atoms with E-state index in [0.717, 1.165) is 32.7 Å². The Bertz CT molecular complexity index is 324. The molecule has 1 atom stereocenters. The second-order valence-corrected chi connectivity index (χ2v) is 5.61. The molecule has 0 aromatic heterocycles. The third-order valence-corrected chi connectivity index (χ3v) is 3.98. The van der Waals surface area contributed by atoms with Crippen LogP contribution in [0.5, 0.6) is 0 Å². The van der Waals surface area contributed by atoms with Crippen molar-refractivity contribution >= 4 is 11.8 Å². The lowest BCUT2D eigenvalue weighted by atomic mass is 9.95. The summed E-state index contributed by atoms with van der Waals surface area (Å²) >= 11 is 0. The Labute approximate surface area is 108 Å². The highest BCUT2D eigenvalue weighted by Gasteiger charge is 2.33. The number of amides is 2. The molecule has 102 valence electrons. The number of nitrogens with one attached hydrogen (secondary N) is 1. The van der Waals surface area contributed by atoms with Gasteiger partial charge in [-0.2, -0.15) is 0 Å². The molecule has 5 nitrogen and oxygen atoms in total. The van der Waals surface area contributed by atoms with Crippen molar-refractivity contribution in [3.05, 3.63) is 0 Å². The summed E-state index contributed by atoms with van der Waals surface area (Å²) in [7, 11) is 0. The molecule has 2 aliphatic rings. The van der Waals surface area contributed by atoms with Crippen LogP contribution in [0.4, 0.5) is 0 Å². The van der Waals surface area contributed by atoms with Crippen LogP contribution in [-0.2, 0) is 9.59 Å². The van der Waals surface area contributed by atoms with Crippen LogP contribution in [0.3, 0.4) is 0 Å². The fourth-order valence-electron chi connectivity index (χ4n) is 2.58. The van der Waals surface area contributed by atoms with Crippen LogP contribution in [0.15, 0.2) is 0 Å². The van der Waals surface area contributed by atoms with Gasteiger partial charge in [0.05, 0.1) is 6.54 Å². The molecule has 2 heterocycles. The van der Waals surface area contributed by atoms with E-state index in [1.165, 1.54) is 0 Å². The van der Waals surface area contributed by atoms with Crippen LogP contribution in [0.1, 0.15) is 20.3 Å². The summed E-state index contributed by atoms with van der Waals surface area (Å²) in [5.41, 5.74) is 0. The molecule has 5 heteroatoms. The van der Waals surface area contributed by atoms with E-state index in [1.54, 1.807) is 4.90 Å². The Morgan fingerprint density at radius 3 is 2.61 bits per heavy atom. The second-order valence-electron chi connectivity index (χ2n) is 5.61. The van der Waals surface area contributed by atoms with E-state index >= 15 is 0 Å². The molecule has 2 fully saturated rings. The van der Waals surface area contributed by atoms with Gasteiger partial charge in [-0.15, -0.1) is 0 Å². The van der Waals surface area contributed by atoms with E-state index in [4.69, 9.17) is 0 Å². The summed E-state index contributed by atoms with van der Waals surface area (Å²) in [5, 5.41) is 3.22. The normalized spacial score (nSPS) is 25.1. The Balaban J connectivity index is 1.85. The molecule has 2 aliphatic heterocycles. The van der Waals surface area contributed by atoms with Crippen LogP contribution in [0.2, 0.25) is 0 Å². The molecule has 2 saturated heterocycles. The summed E-state index contributed by atoms with van der Waals surface area (Å²) < 4.78 is 0. The monoisotopic (exact) mass is 253 g/mol. The molecule has 2 rings (SSSR count). The molecule has 0 bridgehead atoms. The number of hydrogen-bond acceptors (Lipinski definition) is 3. The third-order valence-electron chi connectivity index (χ3n) is 3.98. The van der Waals surface area contributed by atoms with Gasteiger partial charge in [0.15, 0.2) is 0 Å². The Kier molecular flexibility index (Phi) is 4.22. The van der Waals surface area contributed by atoms with E-state index in [9.17, 15) is 9.59 Å². The van der Waals surface area contributed by atoms with Crippen LogP contribution in [-0.4, -0.2) is 60.9 Å². The summed E-state index contributed by atoms with van der Waals surface area (Å²) in [6, 6.07) is 0. The average Bonchev–Trinajstić information content (AvgIpc) is 2.72. The minimum atomic E-state index is 0.0919. The summed E-state index contributed by atoms with van der Waals surface area (Å²) in [6.45, 7) is 8.51. The number of carbonyl (C=O) groups is 2. The van der Waals surface area contributed by atoms with Crippen molar-refractivity contribution in [1.29, 1.82) is 0 Å². The zero-order chi connectivity index (χ0) is 13.1. The van der Waals surface area contributed by atoms with Crippen LogP contribution in [0.25, 0.3) is 0 Å². The molecule has 0 spiro atoms. The van der Waals surface area contributed by atoms with Gasteiger partial charge in [-0.25, -0.2) is 0 Å². The predicted molar refractivity (Wildman–Crippen MR) is 69.0 cm³/mol. The van der Waals surface area contributed by atoms with Crippen molar-refractivity contribution in [2.24, 2.45) is 11.8 Å². The van der Waals surface area contributed by atoms with Crippen LogP contribution >= 0.6 is 0 Å². The molecule has 1 N–H and O–H groups in total. The van der Waals surface area contributed by atoms with E-state index < -0.39 is 0 Å². The van der Waals surface area contributed by atoms with Crippen molar-refractivity contribution in [3.8, 4) is 0 Å². The lowest BCUT2D eigenvalue weighted by Gasteiger charge is -2.29. The number of nitrogens with zero attached hydrogens (tertiary/aromatic N) is 2. The second kappa shape index (κ2) is 5.69. The van der Waals surface area contributed by atoms with Crippen molar-refractivity contribution in [2.45, 2.75) is 20.3 Å². The molecule has 2 amide bonds. The van der Waals surface area contributed by atoms with Gasteiger partial charge in [-0.1, -0.05) is 13.8 Å². The highest BCUT2D eigenvalue weighted by Crippen LogP contribution is 2.24. The maximum Gasteiger partial charge on any atom is 0.242 e. The summed E-state index contributed by atoms with van der Waals surface area (Å²) in [5.74, 6) is 1.15. The van der Waals surface area contributed by atoms with E-state index in [1.807, 2.05) is 4.90 Å². The highest BCUT2D eigenvalue weighted by molar-refractivity contribution is 5.86. The smallest absolute Gasteiger partial charge is 0.242 e. The zero-order valence-electron chi connectivity index (χ0n) is 11.3. The minimum absolute atomic E-state index is 0.0919. The summed E-state index contributed by atoms with van der Waals surface area (Å²) in [6.07, 6.45) is 0.604. The Morgan fingerprint density at radius 2 is 2.06 bits per heavy atom. The Hall–Kier alpha value is -1.10. The summed E-state index contributed by atoms with van der Waals surface area (Å²) in [4.78, 5) is 27.5. The molecular formula is C13H23N3O2. The first-order valence-electron chi connectivity index (χ1n) is 6.84. The standard InChI is InChI=1S/C13H23N3O2/c1-10(2)11-7-12(17)16(8-11)9-13(18)15-5-3-14-4-6-15/h10-11,14H,3-9H2,1-2H3. The van der Waals surface area contributed by atoms with Gasteiger partial charge in [0.25, 0.3) is 0 Å². The molecule has 0 aromatic carbocycles. The number of rotatable bonds is 3.